The van der Waals surface area contributed by atoms with Crippen LogP contribution in [0.2, 0.25) is 0 Å². The van der Waals surface area contributed by atoms with E-state index in [0.717, 1.165) is 18.6 Å². The van der Waals surface area contributed by atoms with Crippen molar-refractivity contribution in [2.45, 2.75) is 32.1 Å². The van der Waals surface area contributed by atoms with Crippen LogP contribution in [-0.2, 0) is 24.3 Å². The number of nitriles is 1. The van der Waals surface area contributed by atoms with E-state index in [9.17, 15) is 18.7 Å². The maximum Gasteiger partial charge on any atom is 0.335 e. The molecule has 1 fully saturated rings. The average Bonchev–Trinajstić information content (AvgIpc) is 3.33. The first-order valence-corrected chi connectivity index (χ1v) is 13.6. The van der Waals surface area contributed by atoms with E-state index < -0.39 is 23.4 Å². The number of imidazole rings is 1. The van der Waals surface area contributed by atoms with Gasteiger partial charge in [0.1, 0.15) is 29.5 Å². The number of aromatic nitrogens is 3. The summed E-state index contributed by atoms with van der Waals surface area (Å²) >= 11 is 0. The first-order chi connectivity index (χ1) is 21.3. The standard InChI is InChI=1S/C32H23F3N4O5/c33-24-14-22(44-30-3-1-2-21(37-30)17-43-28-7-4-18(15-36)10-25(28)34)6-5-19(24)13-29-38-31-26(35)11-20(32(40)41)12-27(31)39(29)16-23-8-9-42-23/h1-7,10-12,14,23H,8-9,13,16-17H2,(H,40,41)/t23-/m0/s1. The SMILES string of the molecule is N#Cc1ccc(OCc2cccc(Oc3ccc(Cc4nc5c(F)cc(C(=O)O)cc5n4C[C@@H]4CCO4)c(F)c3)n2)c(F)c1. The lowest BCUT2D eigenvalue weighted by molar-refractivity contribution is -0.0589. The molecule has 9 nitrogen and oxygen atoms in total. The number of hydrogen-bond donors (Lipinski definition) is 1. The molecule has 1 aliphatic rings. The molecular formula is C32H23F3N4O5. The summed E-state index contributed by atoms with van der Waals surface area (Å²) in [6.45, 7) is 0.841. The van der Waals surface area contributed by atoms with E-state index in [2.05, 4.69) is 9.97 Å². The van der Waals surface area contributed by atoms with Crippen molar-refractivity contribution >= 4 is 17.0 Å². The van der Waals surface area contributed by atoms with Gasteiger partial charge in [0.2, 0.25) is 5.88 Å². The van der Waals surface area contributed by atoms with Crippen LogP contribution in [0, 0.1) is 28.8 Å². The predicted octanol–water partition coefficient (Wildman–Crippen LogP) is 6.17. The van der Waals surface area contributed by atoms with Crippen LogP contribution in [0.1, 0.15) is 39.4 Å². The molecule has 1 N–H and O–H groups in total. The second-order valence-electron chi connectivity index (χ2n) is 10.1. The molecule has 1 atom stereocenters. The van der Waals surface area contributed by atoms with Crippen molar-refractivity contribution in [3.63, 3.8) is 0 Å². The number of carbonyl (C=O) groups is 1. The van der Waals surface area contributed by atoms with Crippen molar-refractivity contribution in [3.05, 3.63) is 112 Å². The minimum atomic E-state index is -1.27. The predicted molar refractivity (Wildman–Crippen MR) is 150 cm³/mol. The Bertz CT molecular complexity index is 1930. The number of fused-ring (bicyclic) bond motifs is 1. The molecule has 1 aliphatic heterocycles. The van der Waals surface area contributed by atoms with Crippen molar-refractivity contribution < 1.29 is 37.3 Å². The van der Waals surface area contributed by atoms with Crippen LogP contribution in [0.15, 0.2) is 66.7 Å². The van der Waals surface area contributed by atoms with Gasteiger partial charge in [0.25, 0.3) is 0 Å². The quantitative estimate of drug-likeness (QED) is 0.202. The van der Waals surface area contributed by atoms with Gasteiger partial charge in [-0.3, -0.25) is 0 Å². The van der Waals surface area contributed by atoms with Crippen LogP contribution in [0.5, 0.6) is 17.4 Å². The number of carboxylic acid groups (broad SMARTS) is 1. The van der Waals surface area contributed by atoms with Crippen LogP contribution in [0.4, 0.5) is 13.2 Å². The van der Waals surface area contributed by atoms with Gasteiger partial charge in [-0.25, -0.2) is 27.9 Å². The fourth-order valence-corrected chi connectivity index (χ4v) is 4.78. The maximum atomic E-state index is 15.3. The van der Waals surface area contributed by atoms with Gasteiger partial charge in [-0.1, -0.05) is 12.1 Å². The Morgan fingerprint density at radius 3 is 2.59 bits per heavy atom. The van der Waals surface area contributed by atoms with Gasteiger partial charge < -0.3 is 23.9 Å². The van der Waals surface area contributed by atoms with Gasteiger partial charge in [-0.15, -0.1) is 0 Å². The molecule has 2 aromatic heterocycles. The van der Waals surface area contributed by atoms with Crippen LogP contribution >= 0.6 is 0 Å². The van der Waals surface area contributed by atoms with E-state index in [0.29, 0.717) is 30.2 Å². The van der Waals surface area contributed by atoms with E-state index >= 15 is 4.39 Å². The zero-order valence-electron chi connectivity index (χ0n) is 23.0. The van der Waals surface area contributed by atoms with Gasteiger partial charge in [0.05, 0.1) is 41.1 Å². The van der Waals surface area contributed by atoms with Gasteiger partial charge in [0.15, 0.2) is 17.4 Å². The lowest BCUT2D eigenvalue weighted by Crippen LogP contribution is -2.31. The zero-order valence-corrected chi connectivity index (χ0v) is 23.0. The lowest BCUT2D eigenvalue weighted by Gasteiger charge is -2.27. The number of rotatable bonds is 10. The summed E-state index contributed by atoms with van der Waals surface area (Å²) in [5.74, 6) is -2.66. The monoisotopic (exact) mass is 600 g/mol. The normalized spacial score (nSPS) is 14.2. The summed E-state index contributed by atoms with van der Waals surface area (Å²) in [6, 6.07) is 17.2. The summed E-state index contributed by atoms with van der Waals surface area (Å²) in [5, 5.41) is 18.3. The lowest BCUT2D eigenvalue weighted by atomic mass is 10.1. The summed E-state index contributed by atoms with van der Waals surface area (Å²) in [6.07, 6.45) is 0.654. The van der Waals surface area contributed by atoms with Gasteiger partial charge >= 0.3 is 5.97 Å². The Morgan fingerprint density at radius 1 is 1.05 bits per heavy atom. The number of carboxylic acids is 1. The van der Waals surface area contributed by atoms with Crippen LogP contribution in [-0.4, -0.2) is 38.3 Å². The first-order valence-electron chi connectivity index (χ1n) is 13.6. The number of ether oxygens (including phenoxy) is 3. The first kappa shape index (κ1) is 28.7. The number of nitrogens with zero attached hydrogens (tertiary/aromatic N) is 4. The summed E-state index contributed by atoms with van der Waals surface area (Å²) in [4.78, 5) is 20.2. The highest BCUT2D eigenvalue weighted by Crippen LogP contribution is 2.28. The topological polar surface area (TPSA) is 119 Å². The minimum Gasteiger partial charge on any atom is -0.484 e. The fourth-order valence-electron chi connectivity index (χ4n) is 4.78. The van der Waals surface area contributed by atoms with Crippen molar-refractivity contribution in [3.8, 4) is 23.4 Å². The van der Waals surface area contributed by atoms with Gasteiger partial charge in [0, 0.05) is 25.2 Å². The molecule has 3 heterocycles. The van der Waals surface area contributed by atoms with E-state index in [4.69, 9.17) is 19.5 Å². The molecule has 0 saturated carbocycles. The number of hydrogen-bond acceptors (Lipinski definition) is 7. The zero-order chi connectivity index (χ0) is 30.8. The second kappa shape index (κ2) is 12.1. The Balaban J connectivity index is 1.19. The average molecular weight is 601 g/mol. The maximum absolute atomic E-state index is 15.3. The number of benzene rings is 3. The molecule has 0 aliphatic carbocycles. The van der Waals surface area contributed by atoms with Crippen LogP contribution < -0.4 is 9.47 Å². The van der Waals surface area contributed by atoms with E-state index in [-0.39, 0.29) is 58.7 Å². The molecule has 5 aromatic rings. The van der Waals surface area contributed by atoms with Gasteiger partial charge in [-0.2, -0.15) is 5.26 Å². The summed E-state index contributed by atoms with van der Waals surface area (Å²) < 4.78 is 62.7. The molecule has 0 radical (unpaired) electrons. The van der Waals surface area contributed by atoms with E-state index in [1.54, 1.807) is 28.8 Å². The largest absolute Gasteiger partial charge is 0.484 e. The van der Waals surface area contributed by atoms with Crippen molar-refractivity contribution in [2.75, 3.05) is 6.61 Å². The molecule has 0 amide bonds. The summed E-state index contributed by atoms with van der Waals surface area (Å²) in [5.41, 5.74) is 0.951. The smallest absolute Gasteiger partial charge is 0.335 e. The highest BCUT2D eigenvalue weighted by atomic mass is 19.1. The van der Waals surface area contributed by atoms with E-state index in [1.807, 2.05) is 6.07 Å². The second-order valence-corrected chi connectivity index (χ2v) is 10.1. The van der Waals surface area contributed by atoms with Gasteiger partial charge in [-0.05, 0) is 54.4 Å². The molecule has 0 bridgehead atoms. The minimum absolute atomic E-state index is 0.00143. The van der Waals surface area contributed by atoms with Crippen molar-refractivity contribution in [2.24, 2.45) is 0 Å². The molecule has 6 rings (SSSR count). The highest BCUT2D eigenvalue weighted by molar-refractivity contribution is 5.92. The van der Waals surface area contributed by atoms with Crippen LogP contribution in [0.25, 0.3) is 11.0 Å². The Hall–Kier alpha value is -5.41. The molecular weight excluding hydrogens is 577 g/mol. The fraction of sp³-hybridized carbons (Fsp3) is 0.188. The summed E-state index contributed by atoms with van der Waals surface area (Å²) in [7, 11) is 0. The van der Waals surface area contributed by atoms with Crippen molar-refractivity contribution in [1.29, 1.82) is 5.26 Å². The van der Waals surface area contributed by atoms with Crippen LogP contribution in [0.3, 0.4) is 0 Å². The number of pyridine rings is 1. The third kappa shape index (κ3) is 6.04. The highest BCUT2D eigenvalue weighted by Gasteiger charge is 2.24. The van der Waals surface area contributed by atoms with Crippen molar-refractivity contribution in [1.82, 2.24) is 14.5 Å². The molecule has 0 unspecified atom stereocenters. The Morgan fingerprint density at radius 2 is 1.89 bits per heavy atom. The number of halogens is 3. The molecule has 0 spiro atoms. The Kier molecular flexibility index (Phi) is 7.87. The molecule has 12 heteroatoms. The molecule has 44 heavy (non-hydrogen) atoms. The Labute approximate surface area is 248 Å². The molecule has 222 valence electrons. The number of aromatic carboxylic acids is 1. The third-order valence-corrected chi connectivity index (χ3v) is 7.13. The van der Waals surface area contributed by atoms with E-state index in [1.165, 1.54) is 30.3 Å². The third-order valence-electron chi connectivity index (χ3n) is 7.13. The molecule has 1 saturated heterocycles. The molecule has 3 aromatic carbocycles.